The summed E-state index contributed by atoms with van der Waals surface area (Å²) in [5, 5.41) is 16.3. The molecule has 0 unspecified atom stereocenters. The van der Waals surface area contributed by atoms with Crippen LogP contribution >= 0.6 is 15.0 Å². The van der Waals surface area contributed by atoms with E-state index in [1.165, 1.54) is 21.2 Å². The van der Waals surface area contributed by atoms with Gasteiger partial charge in [-0.2, -0.15) is 0 Å². The van der Waals surface area contributed by atoms with E-state index in [-0.39, 0.29) is 5.78 Å². The molecule has 0 aliphatic carbocycles. The summed E-state index contributed by atoms with van der Waals surface area (Å²) in [5.74, 6) is 1.82. The van der Waals surface area contributed by atoms with Crippen molar-refractivity contribution >= 4 is 42.2 Å². The molecule has 4 aromatic rings. The van der Waals surface area contributed by atoms with Gasteiger partial charge < -0.3 is 5.11 Å². The van der Waals surface area contributed by atoms with E-state index in [1.54, 1.807) is 5.98 Å². The van der Waals surface area contributed by atoms with Gasteiger partial charge in [0, 0.05) is 26.4 Å². The van der Waals surface area contributed by atoms with E-state index in [1.807, 2.05) is 0 Å². The molecule has 2 nitrogen and oxygen atoms in total. The van der Waals surface area contributed by atoms with Gasteiger partial charge in [-0.3, -0.25) is 4.67 Å². The van der Waals surface area contributed by atoms with Crippen LogP contribution in [0, 0.1) is 0 Å². The van der Waals surface area contributed by atoms with Crippen molar-refractivity contribution in [1.82, 2.24) is 4.67 Å². The molecule has 33 heavy (non-hydrogen) atoms. The minimum atomic E-state index is -2.21. The molecule has 0 aromatic heterocycles. The summed E-state index contributed by atoms with van der Waals surface area (Å²) in [7, 11) is -0.712. The Morgan fingerprint density at radius 3 is 1.52 bits per heavy atom. The summed E-state index contributed by atoms with van der Waals surface area (Å²) in [4.78, 5) is 0. The highest BCUT2D eigenvalue weighted by molar-refractivity contribution is 7.89. The Morgan fingerprint density at radius 2 is 1.09 bits per heavy atom. The first-order valence-electron chi connectivity index (χ1n) is 11.5. The predicted octanol–water partition coefficient (Wildman–Crippen LogP) is 5.26. The van der Waals surface area contributed by atoms with E-state index in [9.17, 15) is 5.11 Å². The maximum atomic E-state index is 11.1. The molecular weight excluding hydrogens is 440 g/mol. The summed E-state index contributed by atoms with van der Waals surface area (Å²) in [6.07, 6.45) is 2.21. The van der Waals surface area contributed by atoms with E-state index >= 15 is 0 Å². The van der Waals surface area contributed by atoms with Crippen LogP contribution in [0.4, 0.5) is 0 Å². The van der Waals surface area contributed by atoms with Crippen LogP contribution in [-0.4, -0.2) is 28.1 Å². The zero-order valence-electron chi connectivity index (χ0n) is 18.6. The molecule has 1 fully saturated rings. The van der Waals surface area contributed by atoms with Crippen LogP contribution in [-0.2, 0) is 0 Å². The molecule has 0 radical (unpaired) electrons. The Balaban J connectivity index is 1.71. The van der Waals surface area contributed by atoms with Crippen molar-refractivity contribution in [3.8, 4) is 0 Å². The Labute approximate surface area is 198 Å². The van der Waals surface area contributed by atoms with E-state index in [0.717, 1.165) is 19.4 Å². The van der Waals surface area contributed by atoms with E-state index in [0.29, 0.717) is 0 Å². The number of aliphatic hydroxyl groups excluding tert-OH is 1. The van der Waals surface area contributed by atoms with Crippen LogP contribution < -0.4 is 21.2 Å². The fourth-order valence-electron chi connectivity index (χ4n) is 5.02. The lowest BCUT2D eigenvalue weighted by Crippen LogP contribution is -2.38. The third kappa shape index (κ3) is 4.25. The maximum absolute atomic E-state index is 11.1. The number of rotatable bonds is 6. The second-order valence-corrected chi connectivity index (χ2v) is 13.9. The maximum Gasteiger partial charge on any atom is 0.0432 e. The second kappa shape index (κ2) is 10.2. The molecule has 4 heteroatoms. The van der Waals surface area contributed by atoms with E-state index < -0.39 is 15.0 Å². The van der Waals surface area contributed by atoms with Crippen molar-refractivity contribution in [3.63, 3.8) is 0 Å². The van der Waals surface area contributed by atoms with Crippen molar-refractivity contribution in [2.75, 3.05) is 6.54 Å². The predicted molar refractivity (Wildman–Crippen MR) is 146 cm³/mol. The number of hydrogen-bond donors (Lipinski definition) is 1. The fraction of sp³-hybridized carbons (Fsp3) is 0.138. The lowest BCUT2D eigenvalue weighted by Gasteiger charge is -2.42. The van der Waals surface area contributed by atoms with Gasteiger partial charge in [-0.05, 0) is 40.9 Å². The standard InChI is InChI=1S/C29H29NOP2/c31-24-33(27-18-9-3-10-19-27,28-20-11-4-12-21-28)29-22-13-23-30(29)32(25-14-5-1-6-15-25)26-16-7-2-8-17-26/h1-12,14-21,24,29,31H,13,22-23H2/t29-/m0/s1. The molecule has 0 amide bonds. The average Bonchev–Trinajstić information content (AvgIpc) is 3.37. The molecular formula is C29H29NOP2. The fourth-order valence-corrected chi connectivity index (χ4v) is 12.2. The van der Waals surface area contributed by atoms with E-state index in [2.05, 4.69) is 126 Å². The molecule has 1 atom stereocenters. The first kappa shape index (κ1) is 22.3. The van der Waals surface area contributed by atoms with Gasteiger partial charge in [0.25, 0.3) is 0 Å². The normalized spacial score (nSPS) is 16.7. The van der Waals surface area contributed by atoms with Gasteiger partial charge in [-0.15, -0.1) is 0 Å². The number of hydrogen-bond acceptors (Lipinski definition) is 1. The molecule has 1 N–H and O–H groups in total. The van der Waals surface area contributed by atoms with Gasteiger partial charge >= 0.3 is 0 Å². The highest BCUT2D eigenvalue weighted by Crippen LogP contribution is 2.59. The smallest absolute Gasteiger partial charge is 0.0432 e. The zero-order valence-corrected chi connectivity index (χ0v) is 20.4. The van der Waals surface area contributed by atoms with Gasteiger partial charge in [0.05, 0.1) is 0 Å². The van der Waals surface area contributed by atoms with Crippen molar-refractivity contribution in [1.29, 1.82) is 0 Å². The van der Waals surface area contributed by atoms with Crippen molar-refractivity contribution in [2.45, 2.75) is 18.6 Å². The monoisotopic (exact) mass is 469 g/mol. The van der Waals surface area contributed by atoms with Crippen molar-refractivity contribution in [2.24, 2.45) is 0 Å². The summed E-state index contributed by atoms with van der Waals surface area (Å²) in [6.45, 7) is -1.17. The molecule has 1 aliphatic heterocycles. The summed E-state index contributed by atoms with van der Waals surface area (Å²) < 4.78 is 2.72. The summed E-state index contributed by atoms with van der Waals surface area (Å²) in [5.41, 5.74) is 0. The molecule has 0 spiro atoms. The van der Waals surface area contributed by atoms with Gasteiger partial charge in [-0.1, -0.05) is 121 Å². The average molecular weight is 470 g/mol. The number of benzene rings is 4. The van der Waals surface area contributed by atoms with Crippen LogP contribution in [0.5, 0.6) is 0 Å². The molecule has 1 heterocycles. The topological polar surface area (TPSA) is 23.5 Å². The largest absolute Gasteiger partial charge is 0.368 e. The minimum absolute atomic E-state index is 0.249. The van der Waals surface area contributed by atoms with Gasteiger partial charge in [0.15, 0.2) is 0 Å². The molecule has 166 valence electrons. The molecule has 1 saturated heterocycles. The molecule has 5 rings (SSSR count). The second-order valence-electron chi connectivity index (χ2n) is 8.33. The minimum Gasteiger partial charge on any atom is -0.368 e. The van der Waals surface area contributed by atoms with Crippen LogP contribution in [0.15, 0.2) is 121 Å². The van der Waals surface area contributed by atoms with Gasteiger partial charge in [0.1, 0.15) is 0 Å². The van der Waals surface area contributed by atoms with E-state index in [4.69, 9.17) is 0 Å². The highest BCUT2D eigenvalue weighted by Gasteiger charge is 2.42. The Bertz CT molecular complexity index is 1130. The highest BCUT2D eigenvalue weighted by atomic mass is 31.2. The first-order chi connectivity index (χ1) is 16.3. The van der Waals surface area contributed by atoms with Crippen molar-refractivity contribution in [3.05, 3.63) is 121 Å². The third-order valence-corrected chi connectivity index (χ3v) is 13.4. The summed E-state index contributed by atoms with van der Waals surface area (Å²) in [6, 6.07) is 43.2. The van der Waals surface area contributed by atoms with Crippen LogP contribution in [0.2, 0.25) is 0 Å². The molecule has 0 saturated carbocycles. The first-order valence-corrected chi connectivity index (χ1v) is 14.7. The van der Waals surface area contributed by atoms with Gasteiger partial charge in [0.2, 0.25) is 0 Å². The number of nitrogens with zero attached hydrogens (tertiary/aromatic N) is 1. The summed E-state index contributed by atoms with van der Waals surface area (Å²) >= 11 is 0. The van der Waals surface area contributed by atoms with Crippen molar-refractivity contribution < 1.29 is 5.11 Å². The Hall–Kier alpha value is -2.47. The molecule has 0 bridgehead atoms. The Kier molecular flexibility index (Phi) is 6.91. The SMILES string of the molecule is OC=P(c1ccccc1)(c1ccccc1)[C@H]1CCCN1P(c1ccccc1)c1ccccc1. The zero-order chi connectivity index (χ0) is 22.5. The molecule has 4 aromatic carbocycles. The molecule has 1 aliphatic rings. The van der Waals surface area contributed by atoms with Crippen LogP contribution in [0.1, 0.15) is 12.8 Å². The Morgan fingerprint density at radius 1 is 0.667 bits per heavy atom. The van der Waals surface area contributed by atoms with Gasteiger partial charge in [-0.25, -0.2) is 0 Å². The lowest BCUT2D eigenvalue weighted by molar-refractivity contribution is 0.533. The van der Waals surface area contributed by atoms with Crippen LogP contribution in [0.3, 0.4) is 0 Å². The quantitative estimate of drug-likeness (QED) is 0.390. The van der Waals surface area contributed by atoms with Crippen LogP contribution in [0.25, 0.3) is 0 Å². The third-order valence-electron chi connectivity index (χ3n) is 6.47. The lowest BCUT2D eigenvalue weighted by atomic mass is 10.4. The number of aliphatic hydroxyl groups is 1.